The summed E-state index contributed by atoms with van der Waals surface area (Å²) in [6, 6.07) is 3.34. The number of aliphatic carboxylic acids is 1. The van der Waals surface area contributed by atoms with Crippen molar-refractivity contribution in [3.05, 3.63) is 22.2 Å². The zero-order valence-corrected chi connectivity index (χ0v) is 12.7. The molecule has 1 aromatic rings. The molecule has 0 saturated heterocycles. The second-order valence-corrected chi connectivity index (χ2v) is 5.53. The first kappa shape index (κ1) is 15.1. The molecule has 2 atom stereocenters. The Morgan fingerprint density at radius 2 is 2.10 bits per heavy atom. The van der Waals surface area contributed by atoms with Gasteiger partial charge in [-0.25, -0.2) is 0 Å². The average Bonchev–Trinajstić information content (AvgIpc) is 2.64. The maximum Gasteiger partial charge on any atom is 0.309 e. The minimum Gasteiger partial charge on any atom is -0.490 e. The predicted molar refractivity (Wildman–Crippen MR) is 76.1 cm³/mol. The van der Waals surface area contributed by atoms with Gasteiger partial charge in [-0.15, -0.1) is 0 Å². The molecule has 0 bridgehead atoms. The fraction of sp³-hybridized carbons (Fsp3) is 0.500. The van der Waals surface area contributed by atoms with E-state index in [1.807, 2.05) is 0 Å². The number of rotatable bonds is 4. The zero-order chi connectivity index (χ0) is 14.7. The maximum atomic E-state index is 11.1. The third-order valence-corrected chi connectivity index (χ3v) is 3.89. The van der Waals surface area contributed by atoms with Crippen LogP contribution in [0.25, 0.3) is 0 Å². The van der Waals surface area contributed by atoms with Gasteiger partial charge in [-0.05, 0) is 40.0 Å². The largest absolute Gasteiger partial charge is 0.490 e. The molecule has 0 fully saturated rings. The molecule has 5 nitrogen and oxygen atoms in total. The van der Waals surface area contributed by atoms with Gasteiger partial charge in [0.25, 0.3) is 0 Å². The number of ether oxygens (including phenoxy) is 2. The van der Waals surface area contributed by atoms with E-state index < -0.39 is 18.0 Å². The molecule has 110 valence electrons. The van der Waals surface area contributed by atoms with Gasteiger partial charge in [0.05, 0.1) is 29.7 Å². The Morgan fingerprint density at radius 1 is 1.40 bits per heavy atom. The number of hydrogen-bond donors (Lipinski definition) is 2. The quantitative estimate of drug-likeness (QED) is 0.878. The Hall–Kier alpha value is -1.27. The standard InChI is InChI=1S/C14H17BrO5/c1-2-9(14(17)18)12(16)8-6-10(15)13-11(7-8)19-4-3-5-20-13/h6-7,9,12,16H,2-5H2,1H3,(H,17,18). The van der Waals surface area contributed by atoms with E-state index in [-0.39, 0.29) is 0 Å². The Kier molecular flexibility index (Phi) is 4.88. The Morgan fingerprint density at radius 3 is 2.75 bits per heavy atom. The fourth-order valence-corrected chi connectivity index (χ4v) is 2.76. The Bertz CT molecular complexity index is 503. The summed E-state index contributed by atoms with van der Waals surface area (Å²) in [4.78, 5) is 11.1. The molecule has 0 amide bonds. The first-order valence-electron chi connectivity index (χ1n) is 6.54. The van der Waals surface area contributed by atoms with Crippen LogP contribution in [0.15, 0.2) is 16.6 Å². The molecule has 1 aliphatic rings. The van der Waals surface area contributed by atoms with Crippen molar-refractivity contribution >= 4 is 21.9 Å². The number of carboxylic acids is 1. The number of benzene rings is 1. The van der Waals surface area contributed by atoms with Crippen molar-refractivity contribution in [2.24, 2.45) is 5.92 Å². The van der Waals surface area contributed by atoms with Crippen molar-refractivity contribution < 1.29 is 24.5 Å². The number of aliphatic hydroxyl groups excluding tert-OH is 1. The van der Waals surface area contributed by atoms with Crippen LogP contribution in [0.1, 0.15) is 31.4 Å². The van der Waals surface area contributed by atoms with Crippen LogP contribution in [0.5, 0.6) is 11.5 Å². The summed E-state index contributed by atoms with van der Waals surface area (Å²) in [5.74, 6) is -0.720. The van der Waals surface area contributed by atoms with Gasteiger partial charge < -0.3 is 19.7 Å². The lowest BCUT2D eigenvalue weighted by Crippen LogP contribution is -2.21. The summed E-state index contributed by atoms with van der Waals surface area (Å²) in [5, 5.41) is 19.4. The molecule has 2 N–H and O–H groups in total. The van der Waals surface area contributed by atoms with E-state index in [1.54, 1.807) is 19.1 Å². The topological polar surface area (TPSA) is 76.0 Å². The van der Waals surface area contributed by atoms with Crippen LogP contribution >= 0.6 is 15.9 Å². The number of carboxylic acid groups (broad SMARTS) is 1. The van der Waals surface area contributed by atoms with E-state index in [2.05, 4.69) is 15.9 Å². The molecule has 6 heteroatoms. The van der Waals surface area contributed by atoms with Crippen LogP contribution in [0.3, 0.4) is 0 Å². The summed E-state index contributed by atoms with van der Waals surface area (Å²) in [6.07, 6.45) is 0.0554. The van der Waals surface area contributed by atoms with Gasteiger partial charge in [-0.2, -0.15) is 0 Å². The van der Waals surface area contributed by atoms with Gasteiger partial charge in [0.2, 0.25) is 0 Å². The van der Waals surface area contributed by atoms with Crippen LogP contribution in [0, 0.1) is 5.92 Å². The normalized spacial score (nSPS) is 17.1. The van der Waals surface area contributed by atoms with Crippen LogP contribution in [0.2, 0.25) is 0 Å². The summed E-state index contributed by atoms with van der Waals surface area (Å²) in [6.45, 7) is 2.84. The molecule has 1 heterocycles. The van der Waals surface area contributed by atoms with Gasteiger partial charge in [0, 0.05) is 6.42 Å². The zero-order valence-electron chi connectivity index (χ0n) is 11.1. The molecule has 2 rings (SSSR count). The third-order valence-electron chi connectivity index (χ3n) is 3.30. The predicted octanol–water partition coefficient (Wildman–Crippen LogP) is 2.75. The first-order chi connectivity index (χ1) is 9.54. The second kappa shape index (κ2) is 6.45. The van der Waals surface area contributed by atoms with Crippen LogP contribution in [0.4, 0.5) is 0 Å². The van der Waals surface area contributed by atoms with E-state index in [4.69, 9.17) is 14.6 Å². The first-order valence-corrected chi connectivity index (χ1v) is 7.33. The molecule has 0 spiro atoms. The lowest BCUT2D eigenvalue weighted by molar-refractivity contribution is -0.146. The molecule has 0 aliphatic carbocycles. The van der Waals surface area contributed by atoms with Crippen molar-refractivity contribution in [1.82, 2.24) is 0 Å². The van der Waals surface area contributed by atoms with E-state index in [9.17, 15) is 9.90 Å². The lowest BCUT2D eigenvalue weighted by Gasteiger charge is -2.20. The highest BCUT2D eigenvalue weighted by Gasteiger charge is 2.28. The summed E-state index contributed by atoms with van der Waals surface area (Å²) in [7, 11) is 0. The fourth-order valence-electron chi connectivity index (χ4n) is 2.19. The number of aliphatic hydroxyl groups is 1. The van der Waals surface area contributed by atoms with E-state index in [0.717, 1.165) is 6.42 Å². The van der Waals surface area contributed by atoms with Crippen molar-refractivity contribution in [2.75, 3.05) is 13.2 Å². The maximum absolute atomic E-state index is 11.1. The van der Waals surface area contributed by atoms with Crippen molar-refractivity contribution in [1.29, 1.82) is 0 Å². The van der Waals surface area contributed by atoms with Gasteiger partial charge >= 0.3 is 5.97 Å². The van der Waals surface area contributed by atoms with Crippen molar-refractivity contribution in [3.63, 3.8) is 0 Å². The van der Waals surface area contributed by atoms with Gasteiger partial charge in [-0.1, -0.05) is 6.92 Å². The number of halogens is 1. The van der Waals surface area contributed by atoms with Gasteiger partial charge in [0.1, 0.15) is 0 Å². The molecular weight excluding hydrogens is 328 g/mol. The smallest absolute Gasteiger partial charge is 0.309 e. The molecule has 20 heavy (non-hydrogen) atoms. The van der Waals surface area contributed by atoms with Crippen molar-refractivity contribution in [3.8, 4) is 11.5 Å². The van der Waals surface area contributed by atoms with Crippen LogP contribution in [-0.2, 0) is 4.79 Å². The number of carbonyl (C=O) groups is 1. The molecule has 2 unspecified atom stereocenters. The van der Waals surface area contributed by atoms with E-state index in [0.29, 0.717) is 41.2 Å². The van der Waals surface area contributed by atoms with Gasteiger partial charge in [0.15, 0.2) is 11.5 Å². The van der Waals surface area contributed by atoms with E-state index >= 15 is 0 Å². The van der Waals surface area contributed by atoms with Crippen LogP contribution in [-0.4, -0.2) is 29.4 Å². The second-order valence-electron chi connectivity index (χ2n) is 4.68. The highest BCUT2D eigenvalue weighted by atomic mass is 79.9. The SMILES string of the molecule is CCC(C(=O)O)C(O)c1cc(Br)c2c(c1)OCCCO2. The molecule has 1 aromatic carbocycles. The Labute approximate surface area is 125 Å². The summed E-state index contributed by atoms with van der Waals surface area (Å²) >= 11 is 3.38. The minimum atomic E-state index is -1.08. The molecular formula is C14H17BrO5. The summed E-state index contributed by atoms with van der Waals surface area (Å²) in [5.41, 5.74) is 0.510. The molecule has 0 aromatic heterocycles. The molecule has 0 saturated carbocycles. The number of fused-ring (bicyclic) bond motifs is 1. The number of hydrogen-bond acceptors (Lipinski definition) is 4. The third kappa shape index (κ3) is 3.07. The van der Waals surface area contributed by atoms with E-state index in [1.165, 1.54) is 0 Å². The van der Waals surface area contributed by atoms with Gasteiger partial charge in [-0.3, -0.25) is 4.79 Å². The summed E-state index contributed by atoms with van der Waals surface area (Å²) < 4.78 is 11.8. The van der Waals surface area contributed by atoms with Crippen molar-refractivity contribution in [2.45, 2.75) is 25.9 Å². The molecule has 0 radical (unpaired) electrons. The minimum absolute atomic E-state index is 0.350. The lowest BCUT2D eigenvalue weighted by atomic mass is 9.93. The Balaban J connectivity index is 2.35. The monoisotopic (exact) mass is 344 g/mol. The highest BCUT2D eigenvalue weighted by Crippen LogP contribution is 2.40. The van der Waals surface area contributed by atoms with Crippen LogP contribution < -0.4 is 9.47 Å². The average molecular weight is 345 g/mol. The molecule has 1 aliphatic heterocycles. The highest BCUT2D eigenvalue weighted by molar-refractivity contribution is 9.10.